The number of nitrogens with zero attached hydrogens (tertiary/aromatic N) is 3. The quantitative estimate of drug-likeness (QED) is 0.803. The molecule has 5 nitrogen and oxygen atoms in total. The van der Waals surface area contributed by atoms with Crippen molar-refractivity contribution < 1.29 is 9.59 Å². The first-order valence-corrected chi connectivity index (χ1v) is 10.3. The van der Waals surface area contributed by atoms with Crippen molar-refractivity contribution in [3.05, 3.63) is 35.4 Å². The molecule has 4 rings (SSSR count). The van der Waals surface area contributed by atoms with Crippen molar-refractivity contribution in [1.82, 2.24) is 14.7 Å². The number of piperidine rings is 1. The summed E-state index contributed by atoms with van der Waals surface area (Å²) in [5.74, 6) is 0.648. The maximum Gasteiger partial charge on any atom is 0.319 e. The molecule has 3 amide bonds. The lowest BCUT2D eigenvalue weighted by Gasteiger charge is -2.41. The average Bonchev–Trinajstić information content (AvgIpc) is 3.30. The van der Waals surface area contributed by atoms with E-state index in [0.29, 0.717) is 18.2 Å². The Balaban J connectivity index is 1.50. The molecule has 3 aliphatic rings. The van der Waals surface area contributed by atoms with Gasteiger partial charge in [-0.05, 0) is 54.6 Å². The van der Waals surface area contributed by atoms with E-state index in [-0.39, 0.29) is 11.4 Å². The van der Waals surface area contributed by atoms with Crippen LogP contribution in [0.15, 0.2) is 24.3 Å². The molecule has 1 aromatic rings. The van der Waals surface area contributed by atoms with Crippen molar-refractivity contribution >= 4 is 11.9 Å². The second kappa shape index (κ2) is 7.17. The molecule has 0 saturated carbocycles. The summed E-state index contributed by atoms with van der Waals surface area (Å²) in [6.07, 6.45) is 5.98. The van der Waals surface area contributed by atoms with Gasteiger partial charge in [-0.1, -0.05) is 24.3 Å². The second-order valence-corrected chi connectivity index (χ2v) is 8.72. The molecule has 0 N–H and O–H groups in total. The van der Waals surface area contributed by atoms with Crippen molar-refractivity contribution in [3.63, 3.8) is 0 Å². The standard InChI is InChI=1S/C22H31N3O2/c1-23(2)21(27)25-13-9-22(10-14-25)16-17(18-7-3-4-8-19(18)22)15-20(26)24-11-5-6-12-24/h3-4,7-8,17H,5-6,9-16H2,1-2H3/t17-/m0/s1. The van der Waals surface area contributed by atoms with Crippen LogP contribution >= 0.6 is 0 Å². The minimum absolute atomic E-state index is 0.108. The van der Waals surface area contributed by atoms with Gasteiger partial charge in [-0.2, -0.15) is 0 Å². The monoisotopic (exact) mass is 369 g/mol. The lowest BCUT2D eigenvalue weighted by Crippen LogP contribution is -2.47. The van der Waals surface area contributed by atoms with E-state index in [1.165, 1.54) is 11.1 Å². The summed E-state index contributed by atoms with van der Waals surface area (Å²) in [7, 11) is 3.63. The summed E-state index contributed by atoms with van der Waals surface area (Å²) in [6, 6.07) is 8.83. The normalized spacial score (nSPS) is 23.6. The van der Waals surface area contributed by atoms with E-state index in [0.717, 1.165) is 58.3 Å². The molecule has 0 unspecified atom stereocenters. The number of urea groups is 1. The molecule has 5 heteroatoms. The Morgan fingerprint density at radius 2 is 1.70 bits per heavy atom. The van der Waals surface area contributed by atoms with Gasteiger partial charge in [0.1, 0.15) is 0 Å². The third-order valence-electron chi connectivity index (χ3n) is 6.86. The number of hydrogen-bond donors (Lipinski definition) is 0. The van der Waals surface area contributed by atoms with Crippen LogP contribution in [0.1, 0.15) is 55.6 Å². The Bertz CT molecular complexity index is 716. The largest absolute Gasteiger partial charge is 0.343 e. The number of amides is 3. The predicted molar refractivity (Wildman–Crippen MR) is 106 cm³/mol. The van der Waals surface area contributed by atoms with Crippen LogP contribution in [-0.4, -0.2) is 66.9 Å². The van der Waals surface area contributed by atoms with E-state index in [1.54, 1.807) is 4.90 Å². The summed E-state index contributed by atoms with van der Waals surface area (Å²) in [5.41, 5.74) is 2.94. The van der Waals surface area contributed by atoms with Gasteiger partial charge in [0.2, 0.25) is 5.91 Å². The highest BCUT2D eigenvalue weighted by atomic mass is 16.2. The molecule has 0 aromatic heterocycles. The summed E-state index contributed by atoms with van der Waals surface area (Å²) in [4.78, 5) is 30.8. The molecule has 27 heavy (non-hydrogen) atoms. The summed E-state index contributed by atoms with van der Waals surface area (Å²) in [5, 5.41) is 0. The maximum atomic E-state index is 12.8. The first kappa shape index (κ1) is 18.3. The zero-order valence-electron chi connectivity index (χ0n) is 16.6. The fourth-order valence-corrected chi connectivity index (χ4v) is 5.40. The molecule has 2 saturated heterocycles. The minimum atomic E-state index is 0.108. The third kappa shape index (κ3) is 3.32. The number of likely N-dealkylation sites (tertiary alicyclic amines) is 2. The van der Waals surface area contributed by atoms with E-state index in [4.69, 9.17) is 0 Å². The minimum Gasteiger partial charge on any atom is -0.343 e. The van der Waals surface area contributed by atoms with Crippen LogP contribution in [0, 0.1) is 0 Å². The van der Waals surface area contributed by atoms with E-state index in [9.17, 15) is 9.59 Å². The Morgan fingerprint density at radius 1 is 1.04 bits per heavy atom. The molecule has 0 bridgehead atoms. The maximum absolute atomic E-state index is 12.8. The Labute approximate surface area is 162 Å². The van der Waals surface area contributed by atoms with Crippen molar-refractivity contribution in [2.45, 2.75) is 49.9 Å². The van der Waals surface area contributed by atoms with E-state index in [2.05, 4.69) is 24.3 Å². The van der Waals surface area contributed by atoms with Crippen LogP contribution in [0.2, 0.25) is 0 Å². The Hall–Kier alpha value is -2.04. The SMILES string of the molecule is CN(C)C(=O)N1CCC2(CC1)C[C@H](CC(=O)N1CCCC1)c1ccccc12. The summed E-state index contributed by atoms with van der Waals surface area (Å²) >= 11 is 0. The van der Waals surface area contributed by atoms with E-state index in [1.807, 2.05) is 23.9 Å². The van der Waals surface area contributed by atoms with Gasteiger partial charge in [0.25, 0.3) is 0 Å². The zero-order chi connectivity index (χ0) is 19.0. The highest BCUT2D eigenvalue weighted by Crippen LogP contribution is 2.52. The van der Waals surface area contributed by atoms with Crippen LogP contribution in [0.5, 0.6) is 0 Å². The Morgan fingerprint density at radius 3 is 2.37 bits per heavy atom. The fraction of sp³-hybridized carbons (Fsp3) is 0.636. The molecular weight excluding hydrogens is 338 g/mol. The van der Waals surface area contributed by atoms with E-state index < -0.39 is 0 Å². The second-order valence-electron chi connectivity index (χ2n) is 8.72. The van der Waals surface area contributed by atoms with Gasteiger partial charge in [0.15, 0.2) is 0 Å². The molecule has 1 aromatic carbocycles. The number of hydrogen-bond acceptors (Lipinski definition) is 2. The molecule has 0 radical (unpaired) electrons. The summed E-state index contributed by atoms with van der Waals surface area (Å²) < 4.78 is 0. The fourth-order valence-electron chi connectivity index (χ4n) is 5.40. The lowest BCUT2D eigenvalue weighted by atomic mass is 9.73. The molecule has 146 valence electrons. The average molecular weight is 370 g/mol. The van der Waals surface area contributed by atoms with Crippen LogP contribution in [0.25, 0.3) is 0 Å². The highest BCUT2D eigenvalue weighted by molar-refractivity contribution is 5.78. The molecule has 2 fully saturated rings. The molecule has 2 aliphatic heterocycles. The van der Waals surface area contributed by atoms with Gasteiger partial charge < -0.3 is 14.7 Å². The lowest BCUT2D eigenvalue weighted by molar-refractivity contribution is -0.130. The number of carbonyl (C=O) groups is 2. The Kier molecular flexibility index (Phi) is 4.87. The van der Waals surface area contributed by atoms with Crippen LogP contribution in [0.4, 0.5) is 4.79 Å². The van der Waals surface area contributed by atoms with Crippen LogP contribution in [-0.2, 0) is 10.2 Å². The number of fused-ring (bicyclic) bond motifs is 2. The van der Waals surface area contributed by atoms with Crippen LogP contribution < -0.4 is 0 Å². The van der Waals surface area contributed by atoms with Gasteiger partial charge in [-0.15, -0.1) is 0 Å². The van der Waals surface area contributed by atoms with E-state index >= 15 is 0 Å². The van der Waals surface area contributed by atoms with Crippen LogP contribution in [0.3, 0.4) is 0 Å². The molecule has 2 heterocycles. The van der Waals surface area contributed by atoms with Crippen molar-refractivity contribution in [1.29, 1.82) is 0 Å². The highest BCUT2D eigenvalue weighted by Gasteiger charge is 2.46. The van der Waals surface area contributed by atoms with Gasteiger partial charge in [0.05, 0.1) is 0 Å². The third-order valence-corrected chi connectivity index (χ3v) is 6.86. The first-order valence-electron chi connectivity index (χ1n) is 10.3. The zero-order valence-corrected chi connectivity index (χ0v) is 16.6. The van der Waals surface area contributed by atoms with Gasteiger partial charge in [-0.3, -0.25) is 4.79 Å². The van der Waals surface area contributed by atoms with Crippen molar-refractivity contribution in [2.75, 3.05) is 40.3 Å². The smallest absolute Gasteiger partial charge is 0.319 e. The van der Waals surface area contributed by atoms with Gasteiger partial charge >= 0.3 is 6.03 Å². The number of benzene rings is 1. The molecule has 1 spiro atoms. The van der Waals surface area contributed by atoms with Crippen molar-refractivity contribution in [3.8, 4) is 0 Å². The summed E-state index contributed by atoms with van der Waals surface area (Å²) in [6.45, 7) is 3.47. The molecule has 1 aliphatic carbocycles. The van der Waals surface area contributed by atoms with Gasteiger partial charge in [-0.25, -0.2) is 4.79 Å². The topological polar surface area (TPSA) is 43.9 Å². The van der Waals surface area contributed by atoms with Crippen molar-refractivity contribution in [2.24, 2.45) is 0 Å². The number of rotatable bonds is 2. The first-order chi connectivity index (χ1) is 13.0. The van der Waals surface area contributed by atoms with Gasteiger partial charge in [0, 0.05) is 46.7 Å². The molecular formula is C22H31N3O2. The number of carbonyl (C=O) groups excluding carboxylic acids is 2. The molecule has 1 atom stereocenters. The predicted octanol–water partition coefficient (Wildman–Crippen LogP) is 3.20.